The second kappa shape index (κ2) is 13.3. The number of nitrogens with zero attached hydrogens (tertiary/aromatic N) is 1. The van der Waals surface area contributed by atoms with Gasteiger partial charge in [0.05, 0.1) is 18.4 Å². The van der Waals surface area contributed by atoms with Gasteiger partial charge in [-0.25, -0.2) is 0 Å². The maximum atomic E-state index is 13.0. The SMILES string of the molecule is N=C(N)NC[C@H]1CC[C@@H](c2ccc(OC[C@@H]3C[C@@H](CC(=O)O)C(=O)N3CCCc3ccccc3)cc2)CC1. The Bertz CT molecular complexity index is 1070. The van der Waals surface area contributed by atoms with Crippen molar-refractivity contribution in [1.82, 2.24) is 10.2 Å². The number of amides is 1. The molecule has 2 fully saturated rings. The van der Waals surface area contributed by atoms with Crippen LogP contribution in [0.2, 0.25) is 0 Å². The molecule has 1 aliphatic heterocycles. The Kier molecular flexibility index (Phi) is 9.62. The number of carbonyl (C=O) groups excluding carboxylic acids is 1. The molecule has 2 aromatic carbocycles. The first-order chi connectivity index (χ1) is 18.4. The highest BCUT2D eigenvalue weighted by Gasteiger charge is 2.40. The van der Waals surface area contributed by atoms with Crippen LogP contribution >= 0.6 is 0 Å². The Morgan fingerprint density at radius 3 is 2.45 bits per heavy atom. The van der Waals surface area contributed by atoms with E-state index in [0.29, 0.717) is 31.4 Å². The number of guanidine groups is 1. The van der Waals surface area contributed by atoms with E-state index in [1.807, 2.05) is 35.2 Å². The predicted octanol–water partition coefficient (Wildman–Crippen LogP) is 4.15. The number of carboxylic acids is 1. The number of hydrogen-bond donors (Lipinski definition) is 4. The van der Waals surface area contributed by atoms with Crippen molar-refractivity contribution < 1.29 is 19.4 Å². The molecule has 0 spiro atoms. The van der Waals surface area contributed by atoms with E-state index in [2.05, 4.69) is 29.6 Å². The number of benzene rings is 2. The minimum atomic E-state index is -0.936. The first kappa shape index (κ1) is 27.5. The molecular weight excluding hydrogens is 480 g/mol. The van der Waals surface area contributed by atoms with E-state index < -0.39 is 11.9 Å². The molecule has 1 heterocycles. The molecule has 8 heteroatoms. The number of ether oxygens (including phenoxy) is 1. The van der Waals surface area contributed by atoms with E-state index in [0.717, 1.165) is 50.8 Å². The summed E-state index contributed by atoms with van der Waals surface area (Å²) in [6.45, 7) is 1.73. The summed E-state index contributed by atoms with van der Waals surface area (Å²) in [6.07, 6.45) is 6.57. The highest BCUT2D eigenvalue weighted by Crippen LogP contribution is 2.36. The summed E-state index contributed by atoms with van der Waals surface area (Å²) in [7, 11) is 0. The average molecular weight is 521 g/mol. The van der Waals surface area contributed by atoms with Crippen molar-refractivity contribution in [3.05, 3.63) is 65.7 Å². The van der Waals surface area contributed by atoms with Crippen molar-refractivity contribution in [2.45, 2.75) is 63.3 Å². The summed E-state index contributed by atoms with van der Waals surface area (Å²) in [5.74, 6) is 0.409. The van der Waals surface area contributed by atoms with Crippen molar-refractivity contribution >= 4 is 17.8 Å². The molecule has 2 atom stereocenters. The summed E-state index contributed by atoms with van der Waals surface area (Å²) >= 11 is 0. The van der Waals surface area contributed by atoms with Gasteiger partial charge in [-0.1, -0.05) is 42.5 Å². The van der Waals surface area contributed by atoms with Crippen molar-refractivity contribution in [1.29, 1.82) is 5.41 Å². The molecule has 1 saturated carbocycles. The fourth-order valence-electron chi connectivity index (χ4n) is 5.88. The topological polar surface area (TPSA) is 129 Å². The van der Waals surface area contributed by atoms with Gasteiger partial charge in [-0.05, 0) is 80.0 Å². The lowest BCUT2D eigenvalue weighted by atomic mass is 9.78. The summed E-state index contributed by atoms with van der Waals surface area (Å²) in [6, 6.07) is 18.3. The Labute approximate surface area is 225 Å². The third kappa shape index (κ3) is 7.73. The zero-order chi connectivity index (χ0) is 26.9. The number of hydrogen-bond acceptors (Lipinski definition) is 4. The molecule has 1 saturated heterocycles. The quantitative estimate of drug-likeness (QED) is 0.246. The van der Waals surface area contributed by atoms with Crippen LogP contribution in [0.1, 0.15) is 62.0 Å². The number of rotatable bonds is 12. The van der Waals surface area contributed by atoms with Crippen LogP contribution in [0, 0.1) is 17.2 Å². The molecule has 2 aromatic rings. The predicted molar refractivity (Wildman–Crippen MR) is 147 cm³/mol. The van der Waals surface area contributed by atoms with Gasteiger partial charge in [0, 0.05) is 13.1 Å². The molecule has 0 aromatic heterocycles. The zero-order valence-electron chi connectivity index (χ0n) is 22.0. The van der Waals surface area contributed by atoms with Gasteiger partial charge < -0.3 is 25.8 Å². The largest absolute Gasteiger partial charge is 0.491 e. The number of carbonyl (C=O) groups is 2. The van der Waals surface area contributed by atoms with Crippen molar-refractivity contribution in [2.75, 3.05) is 19.7 Å². The minimum absolute atomic E-state index is 0.0393. The molecule has 2 aliphatic rings. The molecule has 0 unspecified atom stereocenters. The van der Waals surface area contributed by atoms with Gasteiger partial charge >= 0.3 is 5.97 Å². The van der Waals surface area contributed by atoms with Crippen molar-refractivity contribution in [2.24, 2.45) is 17.6 Å². The number of carboxylic acid groups (broad SMARTS) is 1. The molecule has 1 aliphatic carbocycles. The van der Waals surface area contributed by atoms with Gasteiger partial charge in [0.1, 0.15) is 12.4 Å². The van der Waals surface area contributed by atoms with E-state index in [9.17, 15) is 14.7 Å². The molecule has 204 valence electrons. The van der Waals surface area contributed by atoms with E-state index in [4.69, 9.17) is 15.9 Å². The minimum Gasteiger partial charge on any atom is -0.491 e. The zero-order valence-corrected chi connectivity index (χ0v) is 22.0. The molecule has 4 rings (SSSR count). The molecule has 1 amide bonds. The van der Waals surface area contributed by atoms with Crippen LogP contribution in [0.15, 0.2) is 54.6 Å². The number of aliphatic carboxylic acids is 1. The van der Waals surface area contributed by atoms with Crippen LogP contribution in [0.3, 0.4) is 0 Å². The highest BCUT2D eigenvalue weighted by molar-refractivity contribution is 5.85. The van der Waals surface area contributed by atoms with Crippen molar-refractivity contribution in [3.8, 4) is 5.75 Å². The second-order valence-electron chi connectivity index (χ2n) is 10.7. The summed E-state index contributed by atoms with van der Waals surface area (Å²) < 4.78 is 6.12. The van der Waals surface area contributed by atoms with Gasteiger partial charge in [-0.3, -0.25) is 15.0 Å². The van der Waals surface area contributed by atoms with Crippen LogP contribution in [0.5, 0.6) is 5.75 Å². The Morgan fingerprint density at radius 1 is 1.08 bits per heavy atom. The lowest BCUT2D eigenvalue weighted by Crippen LogP contribution is -2.38. The number of nitrogens with two attached hydrogens (primary N) is 1. The maximum absolute atomic E-state index is 13.0. The highest BCUT2D eigenvalue weighted by atomic mass is 16.5. The maximum Gasteiger partial charge on any atom is 0.304 e. The summed E-state index contributed by atoms with van der Waals surface area (Å²) in [5.41, 5.74) is 7.95. The molecule has 0 radical (unpaired) electrons. The van der Waals surface area contributed by atoms with Gasteiger partial charge in [0.15, 0.2) is 5.96 Å². The summed E-state index contributed by atoms with van der Waals surface area (Å²) in [5, 5.41) is 19.5. The van der Waals surface area contributed by atoms with E-state index in [1.54, 1.807) is 0 Å². The lowest BCUT2D eigenvalue weighted by molar-refractivity contribution is -0.142. The van der Waals surface area contributed by atoms with E-state index in [1.165, 1.54) is 11.1 Å². The average Bonchev–Trinajstić information content (AvgIpc) is 3.21. The second-order valence-corrected chi connectivity index (χ2v) is 10.7. The fraction of sp³-hybridized carbons (Fsp3) is 0.500. The Balaban J connectivity index is 1.29. The lowest BCUT2D eigenvalue weighted by Gasteiger charge is -2.29. The number of nitrogens with one attached hydrogen (secondary N) is 2. The van der Waals surface area contributed by atoms with E-state index in [-0.39, 0.29) is 24.3 Å². The van der Waals surface area contributed by atoms with Crippen molar-refractivity contribution in [3.63, 3.8) is 0 Å². The smallest absolute Gasteiger partial charge is 0.304 e. The van der Waals surface area contributed by atoms with Crippen LogP contribution < -0.4 is 15.8 Å². The number of likely N-dealkylation sites (tertiary alicyclic amines) is 1. The van der Waals surface area contributed by atoms with E-state index >= 15 is 0 Å². The molecule has 8 nitrogen and oxygen atoms in total. The molecule has 38 heavy (non-hydrogen) atoms. The fourth-order valence-corrected chi connectivity index (χ4v) is 5.88. The van der Waals surface area contributed by atoms with Gasteiger partial charge in [0.2, 0.25) is 5.91 Å². The first-order valence-corrected chi connectivity index (χ1v) is 13.8. The van der Waals surface area contributed by atoms with Crippen LogP contribution in [0.25, 0.3) is 0 Å². The standard InChI is InChI=1S/C30H40N4O4/c31-30(32)33-19-22-8-10-23(11-9-22)24-12-14-27(15-13-24)38-20-26-17-25(18-28(35)36)29(37)34(26)16-4-7-21-5-2-1-3-6-21/h1-3,5-6,12-15,22-23,25-26H,4,7-11,16-20H2,(H,35,36)(H4,31,32,33)/t22-,23+,25-,26-/m0/s1. The Morgan fingerprint density at radius 2 is 1.79 bits per heavy atom. The summed E-state index contributed by atoms with van der Waals surface area (Å²) in [4.78, 5) is 26.2. The molecule has 0 bridgehead atoms. The third-order valence-corrected chi connectivity index (χ3v) is 7.98. The molecule has 5 N–H and O–H groups in total. The first-order valence-electron chi connectivity index (χ1n) is 13.8. The Hall–Kier alpha value is -3.55. The van der Waals surface area contributed by atoms with Gasteiger partial charge in [-0.15, -0.1) is 0 Å². The van der Waals surface area contributed by atoms with Crippen LogP contribution in [0.4, 0.5) is 0 Å². The van der Waals surface area contributed by atoms with Crippen LogP contribution in [-0.4, -0.2) is 53.6 Å². The monoisotopic (exact) mass is 520 g/mol. The van der Waals surface area contributed by atoms with Gasteiger partial charge in [-0.2, -0.15) is 0 Å². The normalized spacial score (nSPS) is 23.3. The van der Waals surface area contributed by atoms with Gasteiger partial charge in [0.25, 0.3) is 0 Å². The number of aryl methyl sites for hydroxylation is 1. The molecular formula is C30H40N4O4. The van der Waals surface area contributed by atoms with Crippen LogP contribution in [-0.2, 0) is 16.0 Å². The third-order valence-electron chi connectivity index (χ3n) is 7.98.